The van der Waals surface area contributed by atoms with Gasteiger partial charge in [0.05, 0.1) is 0 Å². The van der Waals surface area contributed by atoms with Crippen LogP contribution in [0.3, 0.4) is 0 Å². The highest BCUT2D eigenvalue weighted by Gasteiger charge is 2.59. The second kappa shape index (κ2) is 2.08. The summed E-state index contributed by atoms with van der Waals surface area (Å²) in [7, 11) is 0. The molecule has 0 aliphatic heterocycles. The van der Waals surface area contributed by atoms with E-state index in [4.69, 9.17) is 0 Å². The van der Waals surface area contributed by atoms with E-state index in [0.717, 1.165) is 29.1 Å². The van der Waals surface area contributed by atoms with Gasteiger partial charge in [0.25, 0.3) is 0 Å². The summed E-state index contributed by atoms with van der Waals surface area (Å²) in [5, 5.41) is 0. The van der Waals surface area contributed by atoms with Crippen molar-refractivity contribution in [2.75, 3.05) is 0 Å². The zero-order valence-corrected chi connectivity index (χ0v) is 8.34. The molecular formula is C12H20. The molecule has 0 aromatic carbocycles. The molecule has 3 aliphatic carbocycles. The maximum atomic E-state index is 2.54. The molecule has 3 aliphatic rings. The Bertz CT molecular complexity index is 184. The Kier molecular flexibility index (Phi) is 1.28. The Morgan fingerprint density at radius 1 is 0.833 bits per heavy atom. The lowest BCUT2D eigenvalue weighted by atomic mass is 9.79. The van der Waals surface area contributed by atoms with Crippen molar-refractivity contribution in [1.29, 1.82) is 0 Å². The normalized spacial score (nSPS) is 54.5. The largest absolute Gasteiger partial charge is 0.0594 e. The van der Waals surface area contributed by atoms with Crippen LogP contribution in [0.15, 0.2) is 0 Å². The second-order valence-electron chi connectivity index (χ2n) is 5.87. The van der Waals surface area contributed by atoms with Crippen molar-refractivity contribution in [2.45, 2.75) is 46.0 Å². The summed E-state index contributed by atoms with van der Waals surface area (Å²) in [4.78, 5) is 0. The van der Waals surface area contributed by atoms with Crippen LogP contribution < -0.4 is 0 Å². The summed E-state index contributed by atoms with van der Waals surface area (Å²) < 4.78 is 0. The van der Waals surface area contributed by atoms with Crippen LogP contribution in [0.25, 0.3) is 0 Å². The van der Waals surface area contributed by atoms with Crippen LogP contribution in [0.4, 0.5) is 0 Å². The molecule has 0 nitrogen and oxygen atoms in total. The summed E-state index contributed by atoms with van der Waals surface area (Å²) >= 11 is 0. The molecule has 0 spiro atoms. The topological polar surface area (TPSA) is 0 Å². The molecule has 0 N–H and O–H groups in total. The molecule has 4 atom stereocenters. The van der Waals surface area contributed by atoms with Gasteiger partial charge in [0, 0.05) is 0 Å². The summed E-state index contributed by atoms with van der Waals surface area (Å²) in [6.45, 7) is 5.07. The Morgan fingerprint density at radius 2 is 1.33 bits per heavy atom. The Hall–Kier alpha value is 0. The third-order valence-electron chi connectivity index (χ3n) is 5.36. The Balaban J connectivity index is 1.99. The number of hydrogen-bond donors (Lipinski definition) is 0. The highest BCUT2D eigenvalue weighted by Crippen LogP contribution is 2.67. The number of fused-ring (bicyclic) bond motifs is 5. The Morgan fingerprint density at radius 3 is 1.83 bits per heavy atom. The molecule has 4 unspecified atom stereocenters. The first-order valence-electron chi connectivity index (χ1n) is 5.71. The standard InChI is InChI=1S/C12H20/c1-12(2)10-6-7-11(12)9-5-3-4-8(9)10/h8-11H,3-7H2,1-2H3. The maximum Gasteiger partial charge on any atom is -0.0292 e. The van der Waals surface area contributed by atoms with Gasteiger partial charge in [0.15, 0.2) is 0 Å². The van der Waals surface area contributed by atoms with Crippen molar-refractivity contribution in [2.24, 2.45) is 29.1 Å². The smallest absolute Gasteiger partial charge is 0.0292 e. The molecule has 2 bridgehead atoms. The van der Waals surface area contributed by atoms with Crippen LogP contribution in [0.1, 0.15) is 46.0 Å². The van der Waals surface area contributed by atoms with Gasteiger partial charge in [-0.25, -0.2) is 0 Å². The molecule has 12 heavy (non-hydrogen) atoms. The van der Waals surface area contributed by atoms with Gasteiger partial charge in [0.2, 0.25) is 0 Å². The van der Waals surface area contributed by atoms with Gasteiger partial charge in [-0.3, -0.25) is 0 Å². The van der Waals surface area contributed by atoms with E-state index in [1.165, 1.54) is 0 Å². The van der Waals surface area contributed by atoms with Gasteiger partial charge in [-0.05, 0) is 54.8 Å². The third-order valence-corrected chi connectivity index (χ3v) is 5.36. The van der Waals surface area contributed by atoms with Crippen LogP contribution in [0, 0.1) is 29.1 Å². The third kappa shape index (κ3) is 0.661. The fourth-order valence-electron chi connectivity index (χ4n) is 4.93. The molecule has 68 valence electrons. The SMILES string of the molecule is CC1(C)C2CCC1C1CCCC12. The minimum Gasteiger partial charge on any atom is -0.0594 e. The molecule has 3 saturated carbocycles. The lowest BCUT2D eigenvalue weighted by Gasteiger charge is -2.26. The zero-order chi connectivity index (χ0) is 8.34. The summed E-state index contributed by atoms with van der Waals surface area (Å²) in [5.41, 5.74) is 0.718. The van der Waals surface area contributed by atoms with Crippen molar-refractivity contribution in [1.82, 2.24) is 0 Å². The average Bonchev–Trinajstić information content (AvgIpc) is 2.60. The summed E-state index contributed by atoms with van der Waals surface area (Å²) in [5.74, 6) is 4.52. The molecule has 0 radical (unpaired) electrons. The van der Waals surface area contributed by atoms with E-state index in [1.807, 2.05) is 0 Å². The highest BCUT2D eigenvalue weighted by molar-refractivity contribution is 5.08. The lowest BCUT2D eigenvalue weighted by molar-refractivity contribution is 0.226. The monoisotopic (exact) mass is 164 g/mol. The van der Waals surface area contributed by atoms with E-state index < -0.39 is 0 Å². The fraction of sp³-hybridized carbons (Fsp3) is 1.00. The van der Waals surface area contributed by atoms with E-state index in [-0.39, 0.29) is 0 Å². The number of rotatable bonds is 0. The van der Waals surface area contributed by atoms with Gasteiger partial charge < -0.3 is 0 Å². The first-order chi connectivity index (χ1) is 5.71. The van der Waals surface area contributed by atoms with Crippen molar-refractivity contribution in [3.63, 3.8) is 0 Å². The molecule has 0 heteroatoms. The summed E-state index contributed by atoms with van der Waals surface area (Å²) in [6.07, 6.45) is 7.78. The van der Waals surface area contributed by atoms with Crippen molar-refractivity contribution < 1.29 is 0 Å². The highest BCUT2D eigenvalue weighted by atomic mass is 14.6. The van der Waals surface area contributed by atoms with Crippen LogP contribution in [0.2, 0.25) is 0 Å². The molecule has 0 amide bonds. The van der Waals surface area contributed by atoms with E-state index in [9.17, 15) is 0 Å². The van der Waals surface area contributed by atoms with Gasteiger partial charge in [-0.15, -0.1) is 0 Å². The predicted octanol–water partition coefficient (Wildman–Crippen LogP) is 3.47. The molecule has 3 rings (SSSR count). The predicted molar refractivity (Wildman–Crippen MR) is 50.8 cm³/mol. The first-order valence-corrected chi connectivity index (χ1v) is 5.71. The maximum absolute atomic E-state index is 2.54. The minimum atomic E-state index is 0.718. The zero-order valence-electron chi connectivity index (χ0n) is 8.34. The minimum absolute atomic E-state index is 0.718. The Labute approximate surface area is 75.7 Å². The van der Waals surface area contributed by atoms with Crippen LogP contribution in [-0.2, 0) is 0 Å². The van der Waals surface area contributed by atoms with E-state index >= 15 is 0 Å². The van der Waals surface area contributed by atoms with Gasteiger partial charge in [0.1, 0.15) is 0 Å². The quantitative estimate of drug-likeness (QED) is 0.514. The first kappa shape index (κ1) is 7.41. The molecule has 0 aromatic rings. The van der Waals surface area contributed by atoms with Crippen LogP contribution in [0.5, 0.6) is 0 Å². The van der Waals surface area contributed by atoms with Crippen LogP contribution in [-0.4, -0.2) is 0 Å². The molecular weight excluding hydrogens is 144 g/mol. The van der Waals surface area contributed by atoms with E-state index in [1.54, 1.807) is 32.1 Å². The second-order valence-corrected chi connectivity index (χ2v) is 5.87. The van der Waals surface area contributed by atoms with Gasteiger partial charge in [-0.1, -0.05) is 20.3 Å². The molecule has 0 heterocycles. The molecule has 0 aromatic heterocycles. The van der Waals surface area contributed by atoms with Gasteiger partial charge >= 0.3 is 0 Å². The van der Waals surface area contributed by atoms with E-state index in [2.05, 4.69) is 13.8 Å². The van der Waals surface area contributed by atoms with Crippen LogP contribution >= 0.6 is 0 Å². The van der Waals surface area contributed by atoms with Gasteiger partial charge in [-0.2, -0.15) is 0 Å². The fourth-order valence-corrected chi connectivity index (χ4v) is 4.93. The van der Waals surface area contributed by atoms with Crippen molar-refractivity contribution in [3.8, 4) is 0 Å². The molecule has 3 fully saturated rings. The number of hydrogen-bond acceptors (Lipinski definition) is 0. The van der Waals surface area contributed by atoms with Crippen molar-refractivity contribution >= 4 is 0 Å². The molecule has 0 saturated heterocycles. The average molecular weight is 164 g/mol. The van der Waals surface area contributed by atoms with E-state index in [0.29, 0.717) is 0 Å². The summed E-state index contributed by atoms with van der Waals surface area (Å²) in [6, 6.07) is 0. The lowest BCUT2D eigenvalue weighted by Crippen LogP contribution is -2.19. The van der Waals surface area contributed by atoms with Crippen molar-refractivity contribution in [3.05, 3.63) is 0 Å².